The second-order valence-electron chi connectivity index (χ2n) is 4.05. The van der Waals surface area contributed by atoms with Crippen LogP contribution < -0.4 is 14.8 Å². The number of nitrogens with zero attached hydrogens (tertiary/aromatic N) is 2. The molecule has 0 atom stereocenters. The number of anilines is 1. The molecule has 1 N–H and O–H groups in total. The van der Waals surface area contributed by atoms with Crippen molar-refractivity contribution in [1.29, 1.82) is 0 Å². The summed E-state index contributed by atoms with van der Waals surface area (Å²) in [5.74, 6) is 1.47. The zero-order valence-corrected chi connectivity index (χ0v) is 13.8. The summed E-state index contributed by atoms with van der Waals surface area (Å²) in [5, 5.41) is 11.7. The van der Waals surface area contributed by atoms with E-state index in [1.54, 1.807) is 12.6 Å². The maximum Gasteiger partial charge on any atom is 0.205 e. The summed E-state index contributed by atoms with van der Waals surface area (Å²) >= 11 is 5.00. The van der Waals surface area contributed by atoms with E-state index in [9.17, 15) is 0 Å². The minimum atomic E-state index is 0.651. The number of hydrogen-bond acceptors (Lipinski definition) is 6. The molecule has 0 radical (unpaired) electrons. The first-order chi connectivity index (χ1) is 9.74. The van der Waals surface area contributed by atoms with Gasteiger partial charge in [0.15, 0.2) is 11.5 Å². The molecular formula is C13H16BrN3O2S. The van der Waals surface area contributed by atoms with E-state index in [0.717, 1.165) is 33.1 Å². The lowest BCUT2D eigenvalue weighted by Gasteiger charge is -2.14. The van der Waals surface area contributed by atoms with Gasteiger partial charge in [-0.25, -0.2) is 0 Å². The number of aromatic nitrogens is 2. The van der Waals surface area contributed by atoms with Gasteiger partial charge in [0.1, 0.15) is 5.51 Å². The van der Waals surface area contributed by atoms with Crippen LogP contribution in [0, 0.1) is 0 Å². The first-order valence-electron chi connectivity index (χ1n) is 6.23. The highest BCUT2D eigenvalue weighted by Gasteiger charge is 2.11. The van der Waals surface area contributed by atoms with Crippen molar-refractivity contribution in [2.75, 3.05) is 19.0 Å². The van der Waals surface area contributed by atoms with E-state index >= 15 is 0 Å². The fraction of sp³-hybridized carbons (Fsp3) is 0.385. The molecule has 0 aliphatic carbocycles. The van der Waals surface area contributed by atoms with Gasteiger partial charge < -0.3 is 14.8 Å². The lowest BCUT2D eigenvalue weighted by molar-refractivity contribution is 0.292. The van der Waals surface area contributed by atoms with Gasteiger partial charge in [0.25, 0.3) is 0 Å². The highest BCUT2D eigenvalue weighted by atomic mass is 79.9. The molecule has 1 aromatic carbocycles. The number of methoxy groups -OCH3 is 1. The smallest absolute Gasteiger partial charge is 0.205 e. The van der Waals surface area contributed by atoms with Crippen LogP contribution in [0.5, 0.6) is 11.5 Å². The number of benzene rings is 1. The van der Waals surface area contributed by atoms with Crippen LogP contribution in [0.1, 0.15) is 18.9 Å². The minimum absolute atomic E-state index is 0.651. The summed E-state index contributed by atoms with van der Waals surface area (Å²) in [6.07, 6.45) is 0.954. The monoisotopic (exact) mass is 357 g/mol. The van der Waals surface area contributed by atoms with Gasteiger partial charge in [-0.1, -0.05) is 18.3 Å². The molecule has 108 valence electrons. The van der Waals surface area contributed by atoms with Crippen molar-refractivity contribution < 1.29 is 9.47 Å². The molecule has 0 fully saturated rings. The van der Waals surface area contributed by atoms with E-state index in [1.165, 1.54) is 11.3 Å². The molecule has 0 saturated heterocycles. The summed E-state index contributed by atoms with van der Waals surface area (Å²) in [6, 6.07) is 3.98. The maximum atomic E-state index is 5.70. The van der Waals surface area contributed by atoms with E-state index in [2.05, 4.69) is 38.4 Å². The minimum Gasteiger partial charge on any atom is -0.493 e. The molecule has 0 aliphatic heterocycles. The number of nitrogens with one attached hydrogen (secondary N) is 1. The molecule has 7 heteroatoms. The third-order valence-electron chi connectivity index (χ3n) is 2.54. The molecule has 1 heterocycles. The third kappa shape index (κ3) is 3.83. The zero-order chi connectivity index (χ0) is 14.4. The fourth-order valence-electron chi connectivity index (χ4n) is 1.65. The number of rotatable bonds is 7. The molecular weight excluding hydrogens is 342 g/mol. The second-order valence-corrected chi connectivity index (χ2v) is 5.74. The Labute approximate surface area is 130 Å². The topological polar surface area (TPSA) is 56.3 Å². The van der Waals surface area contributed by atoms with Gasteiger partial charge in [-0.05, 0) is 40.0 Å². The highest BCUT2D eigenvalue weighted by molar-refractivity contribution is 9.10. The molecule has 0 unspecified atom stereocenters. The first kappa shape index (κ1) is 15.1. The Morgan fingerprint density at radius 3 is 2.90 bits per heavy atom. The van der Waals surface area contributed by atoms with Gasteiger partial charge in [-0.3, -0.25) is 0 Å². The molecule has 0 aliphatic rings. The van der Waals surface area contributed by atoms with Crippen LogP contribution >= 0.6 is 27.3 Å². The Hall–Kier alpha value is -1.34. The van der Waals surface area contributed by atoms with E-state index in [0.29, 0.717) is 13.2 Å². The number of ether oxygens (including phenoxy) is 2. The van der Waals surface area contributed by atoms with Crippen molar-refractivity contribution in [2.45, 2.75) is 19.9 Å². The third-order valence-corrected chi connectivity index (χ3v) is 3.78. The van der Waals surface area contributed by atoms with Crippen molar-refractivity contribution in [2.24, 2.45) is 0 Å². The normalized spacial score (nSPS) is 10.3. The summed E-state index contributed by atoms with van der Waals surface area (Å²) in [5.41, 5.74) is 2.77. The summed E-state index contributed by atoms with van der Waals surface area (Å²) in [7, 11) is 1.64. The van der Waals surface area contributed by atoms with Gasteiger partial charge >= 0.3 is 0 Å². The Balaban J connectivity index is 2.12. The van der Waals surface area contributed by atoms with Gasteiger partial charge in [0.05, 0.1) is 18.2 Å². The van der Waals surface area contributed by atoms with Crippen molar-refractivity contribution in [3.8, 4) is 11.5 Å². The highest BCUT2D eigenvalue weighted by Crippen LogP contribution is 2.37. The summed E-state index contributed by atoms with van der Waals surface area (Å²) < 4.78 is 12.0. The van der Waals surface area contributed by atoms with E-state index in [1.807, 2.05) is 12.1 Å². The van der Waals surface area contributed by atoms with Crippen molar-refractivity contribution in [1.82, 2.24) is 10.2 Å². The molecule has 0 saturated carbocycles. The molecule has 0 spiro atoms. The SMILES string of the molecule is CCCOc1c(Br)cc(CNc2nncs2)cc1OC. The predicted octanol–water partition coefficient (Wildman–Crippen LogP) is 3.71. The quantitative estimate of drug-likeness (QED) is 0.818. The van der Waals surface area contributed by atoms with Crippen LogP contribution in [0.25, 0.3) is 0 Å². The van der Waals surface area contributed by atoms with Crippen LogP contribution in [-0.2, 0) is 6.54 Å². The number of halogens is 1. The Kier molecular flexibility index (Phi) is 5.60. The standard InChI is InChI=1S/C13H16BrN3O2S/c1-3-4-19-12-10(14)5-9(6-11(12)18-2)7-15-13-17-16-8-20-13/h5-6,8H,3-4,7H2,1-2H3,(H,15,17). The van der Waals surface area contributed by atoms with E-state index in [4.69, 9.17) is 9.47 Å². The molecule has 2 aromatic rings. The van der Waals surface area contributed by atoms with Crippen LogP contribution in [-0.4, -0.2) is 23.9 Å². The van der Waals surface area contributed by atoms with Gasteiger partial charge in [0, 0.05) is 6.54 Å². The van der Waals surface area contributed by atoms with Crippen LogP contribution in [0.3, 0.4) is 0 Å². The predicted molar refractivity (Wildman–Crippen MR) is 83.7 cm³/mol. The molecule has 5 nitrogen and oxygen atoms in total. The molecule has 0 amide bonds. The zero-order valence-electron chi connectivity index (χ0n) is 11.4. The van der Waals surface area contributed by atoms with E-state index in [-0.39, 0.29) is 0 Å². The van der Waals surface area contributed by atoms with Crippen LogP contribution in [0.15, 0.2) is 22.1 Å². The van der Waals surface area contributed by atoms with Gasteiger partial charge in [-0.15, -0.1) is 10.2 Å². The Morgan fingerprint density at radius 2 is 2.25 bits per heavy atom. The number of hydrogen-bond donors (Lipinski definition) is 1. The van der Waals surface area contributed by atoms with Crippen molar-refractivity contribution in [3.63, 3.8) is 0 Å². The Morgan fingerprint density at radius 1 is 1.40 bits per heavy atom. The molecule has 1 aromatic heterocycles. The van der Waals surface area contributed by atoms with Crippen LogP contribution in [0.2, 0.25) is 0 Å². The molecule has 20 heavy (non-hydrogen) atoms. The summed E-state index contributed by atoms with van der Waals surface area (Å²) in [6.45, 7) is 3.39. The van der Waals surface area contributed by atoms with E-state index < -0.39 is 0 Å². The molecule has 0 bridgehead atoms. The van der Waals surface area contributed by atoms with Crippen LogP contribution in [0.4, 0.5) is 5.13 Å². The van der Waals surface area contributed by atoms with Crippen molar-refractivity contribution >= 4 is 32.4 Å². The average molecular weight is 358 g/mol. The second kappa shape index (κ2) is 7.44. The summed E-state index contributed by atoms with van der Waals surface area (Å²) in [4.78, 5) is 0. The first-order valence-corrected chi connectivity index (χ1v) is 7.91. The fourth-order valence-corrected chi connectivity index (χ4v) is 2.70. The lowest BCUT2D eigenvalue weighted by atomic mass is 10.2. The van der Waals surface area contributed by atoms with Crippen molar-refractivity contribution in [3.05, 3.63) is 27.7 Å². The largest absolute Gasteiger partial charge is 0.493 e. The van der Waals surface area contributed by atoms with Gasteiger partial charge in [0.2, 0.25) is 5.13 Å². The van der Waals surface area contributed by atoms with Gasteiger partial charge in [-0.2, -0.15) is 0 Å². The average Bonchev–Trinajstić information content (AvgIpc) is 2.96. The lowest BCUT2D eigenvalue weighted by Crippen LogP contribution is -2.03. The maximum absolute atomic E-state index is 5.70. The molecule has 2 rings (SSSR count). The Bertz CT molecular complexity index is 549.